The molecule has 1 N–H and O–H groups in total. The predicted molar refractivity (Wildman–Crippen MR) is 98.2 cm³/mol. The molecule has 0 unspecified atom stereocenters. The van der Waals surface area contributed by atoms with E-state index in [1.54, 1.807) is 53.4 Å². The second-order valence-corrected chi connectivity index (χ2v) is 6.26. The Bertz CT molecular complexity index is 759. The number of hydrogen-bond donors (Lipinski definition) is 1. The van der Waals surface area contributed by atoms with E-state index in [-0.39, 0.29) is 24.2 Å². The number of nitrogens with zero attached hydrogens (tertiary/aromatic N) is 1. The van der Waals surface area contributed by atoms with Gasteiger partial charge in [-0.05, 0) is 55.5 Å². The van der Waals surface area contributed by atoms with Crippen LogP contribution in [0.25, 0.3) is 0 Å². The molecule has 2 aromatic carbocycles. The van der Waals surface area contributed by atoms with Gasteiger partial charge < -0.3 is 15.0 Å². The molecule has 2 amide bonds. The van der Waals surface area contributed by atoms with Crippen molar-refractivity contribution in [3.05, 3.63) is 53.6 Å². The van der Waals surface area contributed by atoms with Crippen LogP contribution in [0, 0.1) is 5.92 Å². The highest BCUT2D eigenvalue weighted by atomic mass is 35.5. The van der Waals surface area contributed by atoms with E-state index in [2.05, 4.69) is 5.32 Å². The summed E-state index contributed by atoms with van der Waals surface area (Å²) >= 11 is 5.88. The van der Waals surface area contributed by atoms with Crippen molar-refractivity contribution >= 4 is 34.8 Å². The van der Waals surface area contributed by atoms with Crippen LogP contribution in [0.3, 0.4) is 0 Å². The van der Waals surface area contributed by atoms with Gasteiger partial charge in [0.05, 0.1) is 12.5 Å². The van der Waals surface area contributed by atoms with Crippen LogP contribution in [-0.4, -0.2) is 25.0 Å². The normalized spacial score (nSPS) is 16.8. The number of carbonyl (C=O) groups is 2. The molecule has 25 heavy (non-hydrogen) atoms. The second-order valence-electron chi connectivity index (χ2n) is 5.83. The Balaban J connectivity index is 1.63. The molecule has 1 saturated heterocycles. The largest absolute Gasteiger partial charge is 0.494 e. The Kier molecular flexibility index (Phi) is 5.24. The van der Waals surface area contributed by atoms with E-state index in [9.17, 15) is 9.59 Å². The molecule has 2 aromatic rings. The molecule has 1 aliphatic heterocycles. The molecular weight excluding hydrogens is 340 g/mol. The van der Waals surface area contributed by atoms with Gasteiger partial charge in [-0.1, -0.05) is 11.6 Å². The lowest BCUT2D eigenvalue weighted by Crippen LogP contribution is -2.28. The maximum absolute atomic E-state index is 12.5. The SMILES string of the molecule is CCOc1ccc(NC(=O)[C@@H]2CC(=O)N(c3ccc(Cl)cc3)C2)cc1. The van der Waals surface area contributed by atoms with Crippen LogP contribution < -0.4 is 15.0 Å². The first-order valence-electron chi connectivity index (χ1n) is 8.16. The summed E-state index contributed by atoms with van der Waals surface area (Å²) < 4.78 is 5.38. The average molecular weight is 359 g/mol. The number of carbonyl (C=O) groups excluding carboxylic acids is 2. The van der Waals surface area contributed by atoms with Crippen LogP contribution in [-0.2, 0) is 9.59 Å². The van der Waals surface area contributed by atoms with Gasteiger partial charge in [0.25, 0.3) is 0 Å². The summed E-state index contributed by atoms with van der Waals surface area (Å²) in [7, 11) is 0. The van der Waals surface area contributed by atoms with Crippen LogP contribution in [0.1, 0.15) is 13.3 Å². The van der Waals surface area contributed by atoms with Gasteiger partial charge in [-0.15, -0.1) is 0 Å². The second kappa shape index (κ2) is 7.57. The van der Waals surface area contributed by atoms with E-state index in [1.165, 1.54) is 0 Å². The number of amides is 2. The van der Waals surface area contributed by atoms with Gasteiger partial charge >= 0.3 is 0 Å². The highest BCUT2D eigenvalue weighted by molar-refractivity contribution is 6.30. The quantitative estimate of drug-likeness (QED) is 0.886. The third kappa shape index (κ3) is 4.12. The Morgan fingerprint density at radius 3 is 2.52 bits per heavy atom. The van der Waals surface area contributed by atoms with Crippen molar-refractivity contribution in [2.45, 2.75) is 13.3 Å². The van der Waals surface area contributed by atoms with Crippen LogP contribution in [0.2, 0.25) is 5.02 Å². The minimum absolute atomic E-state index is 0.0610. The Hall–Kier alpha value is -2.53. The third-order valence-corrected chi connectivity index (χ3v) is 4.32. The maximum atomic E-state index is 12.5. The van der Waals surface area contributed by atoms with Gasteiger partial charge in [0.2, 0.25) is 11.8 Å². The fourth-order valence-electron chi connectivity index (χ4n) is 2.80. The molecule has 0 spiro atoms. The highest BCUT2D eigenvalue weighted by Crippen LogP contribution is 2.27. The number of halogens is 1. The molecule has 130 valence electrons. The van der Waals surface area contributed by atoms with Gasteiger partial charge in [-0.3, -0.25) is 9.59 Å². The number of anilines is 2. The van der Waals surface area contributed by atoms with E-state index in [0.29, 0.717) is 23.9 Å². The van der Waals surface area contributed by atoms with Crippen molar-refractivity contribution in [1.29, 1.82) is 0 Å². The summed E-state index contributed by atoms with van der Waals surface area (Å²) in [6.45, 7) is 2.87. The average Bonchev–Trinajstić information content (AvgIpc) is 3.00. The molecule has 0 aliphatic carbocycles. The number of nitrogens with one attached hydrogen (secondary N) is 1. The monoisotopic (exact) mass is 358 g/mol. The molecule has 6 heteroatoms. The lowest BCUT2D eigenvalue weighted by Gasteiger charge is -2.16. The first-order valence-corrected chi connectivity index (χ1v) is 8.54. The lowest BCUT2D eigenvalue weighted by molar-refractivity contribution is -0.122. The Morgan fingerprint density at radius 2 is 1.88 bits per heavy atom. The van der Waals surface area contributed by atoms with Crippen LogP contribution in [0.15, 0.2) is 48.5 Å². The van der Waals surface area contributed by atoms with Crippen molar-refractivity contribution in [2.75, 3.05) is 23.4 Å². The van der Waals surface area contributed by atoms with E-state index < -0.39 is 0 Å². The van der Waals surface area contributed by atoms with E-state index >= 15 is 0 Å². The molecule has 1 atom stereocenters. The lowest BCUT2D eigenvalue weighted by atomic mass is 10.1. The van der Waals surface area contributed by atoms with Crippen LogP contribution in [0.5, 0.6) is 5.75 Å². The van der Waals surface area contributed by atoms with Crippen molar-refractivity contribution in [3.8, 4) is 5.75 Å². The minimum atomic E-state index is -0.380. The van der Waals surface area contributed by atoms with E-state index in [1.807, 2.05) is 6.92 Å². The summed E-state index contributed by atoms with van der Waals surface area (Å²) in [6, 6.07) is 14.2. The van der Waals surface area contributed by atoms with Gasteiger partial charge in [0, 0.05) is 29.4 Å². The number of hydrogen-bond acceptors (Lipinski definition) is 3. The van der Waals surface area contributed by atoms with Gasteiger partial charge in [0.15, 0.2) is 0 Å². The van der Waals surface area contributed by atoms with Gasteiger partial charge in [0.1, 0.15) is 5.75 Å². The van der Waals surface area contributed by atoms with E-state index in [4.69, 9.17) is 16.3 Å². The summed E-state index contributed by atoms with van der Waals surface area (Å²) in [5, 5.41) is 3.47. The molecule has 0 bridgehead atoms. The van der Waals surface area contributed by atoms with Crippen molar-refractivity contribution in [3.63, 3.8) is 0 Å². The van der Waals surface area contributed by atoms with Gasteiger partial charge in [-0.25, -0.2) is 0 Å². The minimum Gasteiger partial charge on any atom is -0.494 e. The predicted octanol–water partition coefficient (Wildman–Crippen LogP) is 3.73. The van der Waals surface area contributed by atoms with Crippen molar-refractivity contribution in [1.82, 2.24) is 0 Å². The first kappa shape index (κ1) is 17.3. The Labute approximate surface area is 151 Å². The van der Waals surface area contributed by atoms with Crippen molar-refractivity contribution < 1.29 is 14.3 Å². The zero-order valence-corrected chi connectivity index (χ0v) is 14.6. The van der Waals surface area contributed by atoms with Crippen LogP contribution in [0.4, 0.5) is 11.4 Å². The third-order valence-electron chi connectivity index (χ3n) is 4.07. The maximum Gasteiger partial charge on any atom is 0.229 e. The Morgan fingerprint density at radius 1 is 1.20 bits per heavy atom. The zero-order chi connectivity index (χ0) is 17.8. The summed E-state index contributed by atoms with van der Waals surface area (Å²) in [4.78, 5) is 26.3. The highest BCUT2D eigenvalue weighted by Gasteiger charge is 2.35. The first-order chi connectivity index (χ1) is 12.1. The molecule has 1 fully saturated rings. The molecule has 1 aliphatic rings. The van der Waals surface area contributed by atoms with Crippen LogP contribution >= 0.6 is 11.6 Å². The zero-order valence-electron chi connectivity index (χ0n) is 13.9. The molecular formula is C19H19ClN2O3. The summed E-state index contributed by atoms with van der Waals surface area (Å²) in [5.41, 5.74) is 1.44. The smallest absolute Gasteiger partial charge is 0.229 e. The summed E-state index contributed by atoms with van der Waals surface area (Å²) in [6.07, 6.45) is 0.200. The van der Waals surface area contributed by atoms with Gasteiger partial charge in [-0.2, -0.15) is 0 Å². The number of ether oxygens (including phenoxy) is 1. The molecule has 1 heterocycles. The molecule has 0 aromatic heterocycles. The standard InChI is InChI=1S/C19H19ClN2O3/c1-2-25-17-9-5-15(6-10-17)21-19(24)13-11-18(23)22(12-13)16-7-3-14(20)4-8-16/h3-10,13H,2,11-12H2,1H3,(H,21,24)/t13-/m1/s1. The molecule has 3 rings (SSSR count). The summed E-state index contributed by atoms with van der Waals surface area (Å²) in [5.74, 6) is 0.156. The topological polar surface area (TPSA) is 58.6 Å². The molecule has 0 saturated carbocycles. The van der Waals surface area contributed by atoms with E-state index in [0.717, 1.165) is 11.4 Å². The van der Waals surface area contributed by atoms with Crippen molar-refractivity contribution in [2.24, 2.45) is 5.92 Å². The fourth-order valence-corrected chi connectivity index (χ4v) is 2.93. The fraction of sp³-hybridized carbons (Fsp3) is 0.263. The molecule has 0 radical (unpaired) electrons. The number of rotatable bonds is 5. The number of benzene rings is 2. The molecule has 5 nitrogen and oxygen atoms in total.